The van der Waals surface area contributed by atoms with Crippen molar-refractivity contribution in [2.45, 2.75) is 26.8 Å². The molecule has 1 heterocycles. The normalized spacial score (nSPS) is 10.2. The van der Waals surface area contributed by atoms with Crippen molar-refractivity contribution in [2.24, 2.45) is 0 Å². The minimum absolute atomic E-state index is 0. The molecule has 0 bridgehead atoms. The van der Waals surface area contributed by atoms with E-state index in [4.69, 9.17) is 5.32 Å². The third kappa shape index (κ3) is 6.64. The number of aryl methyl sites for hydroxylation is 3. The summed E-state index contributed by atoms with van der Waals surface area (Å²) in [6, 6.07) is 20.6. The molecule has 0 saturated carbocycles. The van der Waals surface area contributed by atoms with Gasteiger partial charge >= 0.3 is 21.7 Å². The van der Waals surface area contributed by atoms with E-state index in [9.17, 15) is 0 Å². The second kappa shape index (κ2) is 12.5. The average molecular weight is 394 g/mol. The van der Waals surface area contributed by atoms with Crippen molar-refractivity contribution in [1.82, 2.24) is 4.98 Å². The standard InChI is InChI=1S/C21H21N2.3CH3.Ti/c1-15-13-16(2)20(17(3)14-15)23-21(18-9-5-4-6-10-18)19-11-7-8-12-22-19;;;;/h4-14,21H,1-3H3;3*1H3;/q4*-1;+4. The Labute approximate surface area is 181 Å². The van der Waals surface area contributed by atoms with E-state index >= 15 is 0 Å². The molecule has 0 aliphatic carbocycles. The molecule has 3 heteroatoms. The summed E-state index contributed by atoms with van der Waals surface area (Å²) < 4.78 is 0. The summed E-state index contributed by atoms with van der Waals surface area (Å²) in [6.45, 7) is 6.37. The number of aromatic nitrogens is 1. The van der Waals surface area contributed by atoms with Crippen LogP contribution in [0.4, 0.5) is 5.69 Å². The van der Waals surface area contributed by atoms with Gasteiger partial charge in [-0.1, -0.05) is 70.8 Å². The summed E-state index contributed by atoms with van der Waals surface area (Å²) in [6.07, 6.45) is 1.83. The molecule has 140 valence electrons. The Morgan fingerprint density at radius 1 is 0.778 bits per heavy atom. The third-order valence-corrected chi connectivity index (χ3v) is 3.98. The largest absolute Gasteiger partial charge is 4.00 e. The summed E-state index contributed by atoms with van der Waals surface area (Å²) >= 11 is 0. The molecule has 0 amide bonds. The molecule has 27 heavy (non-hydrogen) atoms. The molecule has 0 aliphatic heterocycles. The van der Waals surface area contributed by atoms with Gasteiger partial charge in [-0.3, -0.25) is 4.98 Å². The van der Waals surface area contributed by atoms with Crippen molar-refractivity contribution in [2.75, 3.05) is 0 Å². The van der Waals surface area contributed by atoms with Crippen molar-refractivity contribution in [3.05, 3.63) is 122 Å². The first kappa shape index (κ1) is 27.3. The number of benzene rings is 2. The van der Waals surface area contributed by atoms with Gasteiger partial charge in [-0.15, -0.1) is 5.69 Å². The molecule has 0 saturated heterocycles. The van der Waals surface area contributed by atoms with E-state index in [1.807, 2.05) is 30.5 Å². The number of hydrogen-bond acceptors (Lipinski definition) is 1. The van der Waals surface area contributed by atoms with Crippen LogP contribution in [0.2, 0.25) is 0 Å². The SMILES string of the molecule is Cc1cc(C)c([N-]C(c2ccccc2)c2ccccn2)c(C)c1.[CH3-].[CH3-].[CH3-].[Ti+4]. The quantitative estimate of drug-likeness (QED) is 0.341. The van der Waals surface area contributed by atoms with Crippen molar-refractivity contribution in [3.63, 3.8) is 0 Å². The van der Waals surface area contributed by atoms with E-state index in [2.05, 4.69) is 62.2 Å². The average Bonchev–Trinajstić information content (AvgIpc) is 2.56. The van der Waals surface area contributed by atoms with Gasteiger partial charge in [-0.05, 0) is 38.9 Å². The van der Waals surface area contributed by atoms with Gasteiger partial charge in [0.05, 0.1) is 0 Å². The number of rotatable bonds is 4. The molecule has 2 nitrogen and oxygen atoms in total. The van der Waals surface area contributed by atoms with Crippen LogP contribution in [0.1, 0.15) is 34.0 Å². The van der Waals surface area contributed by atoms with Crippen LogP contribution in [0, 0.1) is 43.1 Å². The van der Waals surface area contributed by atoms with Crippen molar-refractivity contribution in [1.29, 1.82) is 0 Å². The van der Waals surface area contributed by atoms with E-state index in [0.29, 0.717) is 0 Å². The summed E-state index contributed by atoms with van der Waals surface area (Å²) in [4.78, 5) is 4.53. The molecular weight excluding hydrogens is 364 g/mol. The molecule has 1 unspecified atom stereocenters. The summed E-state index contributed by atoms with van der Waals surface area (Å²) in [5.74, 6) is 0. The van der Waals surface area contributed by atoms with E-state index < -0.39 is 0 Å². The molecular formula is C24H30N2Ti. The molecule has 3 rings (SSSR count). The van der Waals surface area contributed by atoms with Gasteiger partial charge in [0.25, 0.3) is 0 Å². The summed E-state index contributed by atoms with van der Waals surface area (Å²) in [5, 5.41) is 5.08. The van der Waals surface area contributed by atoms with Gasteiger partial charge in [0.2, 0.25) is 0 Å². The van der Waals surface area contributed by atoms with E-state index in [1.165, 1.54) is 16.7 Å². The zero-order valence-electron chi connectivity index (χ0n) is 17.3. The zero-order chi connectivity index (χ0) is 16.2. The Balaban J connectivity index is 0. The smallest absolute Gasteiger partial charge is 0.673 e. The predicted octanol–water partition coefficient (Wildman–Crippen LogP) is 7.15. The number of hydrogen-bond donors (Lipinski definition) is 0. The van der Waals surface area contributed by atoms with Crippen LogP contribution in [0.25, 0.3) is 5.32 Å². The number of nitrogens with zero attached hydrogens (tertiary/aromatic N) is 2. The Morgan fingerprint density at radius 2 is 1.33 bits per heavy atom. The molecule has 0 fully saturated rings. The summed E-state index contributed by atoms with van der Waals surface area (Å²) in [5.41, 5.74) is 6.88. The topological polar surface area (TPSA) is 27.0 Å². The molecule has 1 atom stereocenters. The van der Waals surface area contributed by atoms with Crippen LogP contribution >= 0.6 is 0 Å². The van der Waals surface area contributed by atoms with Crippen molar-refractivity contribution < 1.29 is 21.7 Å². The third-order valence-electron chi connectivity index (χ3n) is 3.98. The van der Waals surface area contributed by atoms with Crippen LogP contribution in [-0.4, -0.2) is 4.98 Å². The maximum Gasteiger partial charge on any atom is 4.00 e. The van der Waals surface area contributed by atoms with Crippen LogP contribution in [0.3, 0.4) is 0 Å². The van der Waals surface area contributed by atoms with E-state index in [1.54, 1.807) is 0 Å². The van der Waals surface area contributed by atoms with Gasteiger partial charge in [0.15, 0.2) is 0 Å². The summed E-state index contributed by atoms with van der Waals surface area (Å²) in [7, 11) is 0. The second-order valence-corrected chi connectivity index (χ2v) is 5.94. The Morgan fingerprint density at radius 3 is 1.85 bits per heavy atom. The van der Waals surface area contributed by atoms with Gasteiger partial charge in [0, 0.05) is 11.9 Å². The number of pyridine rings is 1. The van der Waals surface area contributed by atoms with Crippen molar-refractivity contribution >= 4 is 5.69 Å². The maximum absolute atomic E-state index is 5.08. The van der Waals surface area contributed by atoms with Crippen LogP contribution in [0.5, 0.6) is 0 Å². The molecule has 0 radical (unpaired) electrons. The fourth-order valence-corrected chi connectivity index (χ4v) is 2.99. The fraction of sp³-hybridized carbons (Fsp3) is 0.167. The van der Waals surface area contributed by atoms with Gasteiger partial charge < -0.3 is 27.6 Å². The first-order chi connectivity index (χ1) is 11.1. The van der Waals surface area contributed by atoms with Gasteiger partial charge in [-0.25, -0.2) is 0 Å². The van der Waals surface area contributed by atoms with Crippen LogP contribution < -0.4 is 0 Å². The molecule has 1 aromatic heterocycles. The molecule has 0 N–H and O–H groups in total. The Bertz CT molecular complexity index is 723. The molecule has 3 aromatic rings. The zero-order valence-corrected chi connectivity index (χ0v) is 18.9. The Hall–Kier alpha value is -1.90. The maximum atomic E-state index is 5.08. The first-order valence-electron chi connectivity index (χ1n) is 7.90. The van der Waals surface area contributed by atoms with Crippen LogP contribution in [0.15, 0.2) is 66.9 Å². The second-order valence-electron chi connectivity index (χ2n) is 5.94. The predicted molar refractivity (Wildman–Crippen MR) is 115 cm³/mol. The van der Waals surface area contributed by atoms with E-state index in [-0.39, 0.29) is 50.0 Å². The van der Waals surface area contributed by atoms with Crippen molar-refractivity contribution in [3.8, 4) is 0 Å². The minimum Gasteiger partial charge on any atom is -0.673 e. The minimum atomic E-state index is -0.0856. The van der Waals surface area contributed by atoms with Gasteiger partial charge in [-0.2, -0.15) is 0 Å². The first-order valence-corrected chi connectivity index (χ1v) is 7.90. The molecule has 0 aliphatic rings. The van der Waals surface area contributed by atoms with E-state index in [0.717, 1.165) is 16.9 Å². The molecule has 2 aromatic carbocycles. The van der Waals surface area contributed by atoms with Crippen LogP contribution in [-0.2, 0) is 21.7 Å². The van der Waals surface area contributed by atoms with Gasteiger partial charge in [0.1, 0.15) is 0 Å². The molecule has 0 spiro atoms. The monoisotopic (exact) mass is 394 g/mol. The Kier molecular flexibility index (Phi) is 12.6. The fourth-order valence-electron chi connectivity index (χ4n) is 2.99.